The minimum atomic E-state index is -0.737. The molecule has 3 fully saturated rings. The standard InChI is InChI=1S/C30H44N4O7/c1-34-27(36)18-25(28(34)21-4-2-14-31-19-21)29(37)32-15-17-41-24-12-10-23(11-13-24)40-16-3-5-26(35)33-22-8-6-20(7-9-22)30(38)39/h2,4,14,19-20,22-25,28H,3,5-13,15-18H2,1H3,(H,32,37)(H,33,35)(H,38,39)/t20?,22?,23?,24?,25?,28-/m1/s1. The molecule has 4 rings (SSSR count). The third-order valence-corrected chi connectivity index (χ3v) is 8.67. The minimum absolute atomic E-state index is 0.00993. The molecule has 41 heavy (non-hydrogen) atoms. The van der Waals surface area contributed by atoms with Crippen molar-refractivity contribution < 1.29 is 33.8 Å². The molecule has 0 spiro atoms. The van der Waals surface area contributed by atoms with Gasteiger partial charge in [0.2, 0.25) is 17.7 Å². The van der Waals surface area contributed by atoms with E-state index in [0.29, 0.717) is 45.4 Å². The number of hydrogen-bond donors (Lipinski definition) is 3. The van der Waals surface area contributed by atoms with E-state index in [-0.39, 0.29) is 54.4 Å². The Morgan fingerprint density at radius 2 is 1.71 bits per heavy atom. The molecule has 1 aliphatic heterocycles. The molecule has 11 nitrogen and oxygen atoms in total. The molecule has 2 heterocycles. The molecule has 2 aliphatic carbocycles. The molecule has 2 atom stereocenters. The first-order valence-electron chi connectivity index (χ1n) is 15.0. The molecule has 11 heteroatoms. The van der Waals surface area contributed by atoms with Gasteiger partial charge in [0, 0.05) is 51.5 Å². The zero-order valence-corrected chi connectivity index (χ0v) is 24.0. The SMILES string of the molecule is CN1C(=O)CC(C(=O)NCCOC2CCC(OCCCC(=O)NC3CCC(C(=O)O)CC3)CC2)[C@H]1c1cccnc1. The van der Waals surface area contributed by atoms with Crippen LogP contribution in [0.2, 0.25) is 0 Å². The van der Waals surface area contributed by atoms with Crippen LogP contribution >= 0.6 is 0 Å². The predicted octanol–water partition coefficient (Wildman–Crippen LogP) is 2.60. The summed E-state index contributed by atoms with van der Waals surface area (Å²) in [5.41, 5.74) is 0.858. The Balaban J connectivity index is 1.04. The number of nitrogens with one attached hydrogen (secondary N) is 2. The van der Waals surface area contributed by atoms with Crippen LogP contribution in [0.4, 0.5) is 0 Å². The van der Waals surface area contributed by atoms with E-state index >= 15 is 0 Å². The average Bonchev–Trinajstić information content (AvgIpc) is 3.28. The summed E-state index contributed by atoms with van der Waals surface area (Å²) in [7, 11) is 1.73. The van der Waals surface area contributed by atoms with Gasteiger partial charge >= 0.3 is 5.97 Å². The fraction of sp³-hybridized carbons (Fsp3) is 0.700. The van der Waals surface area contributed by atoms with Crippen LogP contribution in [0, 0.1) is 11.8 Å². The minimum Gasteiger partial charge on any atom is -0.481 e. The molecular weight excluding hydrogens is 528 g/mol. The molecule has 0 aromatic carbocycles. The number of aromatic nitrogens is 1. The van der Waals surface area contributed by atoms with Gasteiger partial charge in [-0.2, -0.15) is 0 Å². The van der Waals surface area contributed by atoms with Crippen molar-refractivity contribution in [3.63, 3.8) is 0 Å². The monoisotopic (exact) mass is 572 g/mol. The Hall–Kier alpha value is -3.05. The summed E-state index contributed by atoms with van der Waals surface area (Å²) in [6, 6.07) is 3.48. The van der Waals surface area contributed by atoms with E-state index in [1.54, 1.807) is 24.3 Å². The number of rotatable bonds is 13. The van der Waals surface area contributed by atoms with Gasteiger partial charge in [-0.3, -0.25) is 24.2 Å². The van der Waals surface area contributed by atoms with Gasteiger partial charge in [-0.15, -0.1) is 0 Å². The summed E-state index contributed by atoms with van der Waals surface area (Å²) in [4.78, 5) is 54.2. The van der Waals surface area contributed by atoms with E-state index in [9.17, 15) is 19.2 Å². The Morgan fingerprint density at radius 1 is 1.02 bits per heavy atom. The fourth-order valence-corrected chi connectivity index (χ4v) is 6.28. The lowest BCUT2D eigenvalue weighted by Gasteiger charge is -2.29. The van der Waals surface area contributed by atoms with Crippen molar-refractivity contribution in [2.75, 3.05) is 26.8 Å². The molecule has 1 unspecified atom stereocenters. The Bertz CT molecular complexity index is 1020. The zero-order valence-electron chi connectivity index (χ0n) is 24.0. The Kier molecular flexibility index (Phi) is 11.5. The van der Waals surface area contributed by atoms with Crippen molar-refractivity contribution in [1.82, 2.24) is 20.5 Å². The first kappa shape index (κ1) is 30.9. The first-order valence-corrected chi connectivity index (χ1v) is 15.0. The fourth-order valence-electron chi connectivity index (χ4n) is 6.28. The molecule has 1 aromatic heterocycles. The van der Waals surface area contributed by atoms with Crippen LogP contribution < -0.4 is 10.6 Å². The maximum atomic E-state index is 12.9. The molecule has 2 saturated carbocycles. The van der Waals surface area contributed by atoms with E-state index in [2.05, 4.69) is 15.6 Å². The van der Waals surface area contributed by atoms with Crippen LogP contribution in [0.3, 0.4) is 0 Å². The number of hydrogen-bond acceptors (Lipinski definition) is 7. The van der Waals surface area contributed by atoms with Crippen molar-refractivity contribution in [2.24, 2.45) is 11.8 Å². The van der Waals surface area contributed by atoms with E-state index in [1.807, 2.05) is 12.1 Å². The molecule has 1 aromatic rings. The van der Waals surface area contributed by atoms with Gasteiger partial charge < -0.3 is 30.1 Å². The third kappa shape index (κ3) is 8.97. The maximum Gasteiger partial charge on any atom is 0.306 e. The number of pyridine rings is 1. The largest absolute Gasteiger partial charge is 0.481 e. The number of carboxylic acids is 1. The molecule has 0 radical (unpaired) electrons. The summed E-state index contributed by atoms with van der Waals surface area (Å²) in [6.07, 6.45) is 11.2. The zero-order chi connectivity index (χ0) is 29.2. The second-order valence-corrected chi connectivity index (χ2v) is 11.5. The van der Waals surface area contributed by atoms with Crippen LogP contribution in [0.1, 0.15) is 82.2 Å². The molecule has 3 aliphatic rings. The number of amides is 3. The van der Waals surface area contributed by atoms with Crippen molar-refractivity contribution >= 4 is 23.7 Å². The highest BCUT2D eigenvalue weighted by Crippen LogP contribution is 2.36. The predicted molar refractivity (Wildman–Crippen MR) is 150 cm³/mol. The smallest absolute Gasteiger partial charge is 0.306 e. The Morgan fingerprint density at radius 3 is 2.34 bits per heavy atom. The highest BCUT2D eigenvalue weighted by Gasteiger charge is 2.42. The van der Waals surface area contributed by atoms with Crippen LogP contribution in [0.25, 0.3) is 0 Å². The topological polar surface area (TPSA) is 147 Å². The lowest BCUT2D eigenvalue weighted by Crippen LogP contribution is -2.38. The van der Waals surface area contributed by atoms with E-state index in [0.717, 1.165) is 44.1 Å². The van der Waals surface area contributed by atoms with Gasteiger partial charge in [-0.25, -0.2) is 0 Å². The van der Waals surface area contributed by atoms with Gasteiger partial charge in [-0.1, -0.05) is 6.07 Å². The van der Waals surface area contributed by atoms with Crippen LogP contribution in [-0.2, 0) is 28.7 Å². The van der Waals surface area contributed by atoms with Gasteiger partial charge in [-0.05, 0) is 69.4 Å². The van der Waals surface area contributed by atoms with Gasteiger partial charge in [0.1, 0.15) is 0 Å². The number of carboxylic acid groups (broad SMARTS) is 1. The molecule has 1 saturated heterocycles. The molecular formula is C30H44N4O7. The maximum absolute atomic E-state index is 12.9. The van der Waals surface area contributed by atoms with Crippen LogP contribution in [0.15, 0.2) is 24.5 Å². The second-order valence-electron chi connectivity index (χ2n) is 11.5. The quantitative estimate of drug-likeness (QED) is 0.306. The van der Waals surface area contributed by atoms with Crippen molar-refractivity contribution in [1.29, 1.82) is 0 Å². The lowest BCUT2D eigenvalue weighted by atomic mass is 9.86. The molecule has 3 N–H and O–H groups in total. The summed E-state index contributed by atoms with van der Waals surface area (Å²) in [6.45, 7) is 1.36. The van der Waals surface area contributed by atoms with E-state index < -0.39 is 11.9 Å². The summed E-state index contributed by atoms with van der Waals surface area (Å²) in [5, 5.41) is 15.1. The highest BCUT2D eigenvalue weighted by molar-refractivity contribution is 5.90. The summed E-state index contributed by atoms with van der Waals surface area (Å²) in [5.74, 6) is -1.64. The average molecular weight is 573 g/mol. The molecule has 3 amide bonds. The lowest BCUT2D eigenvalue weighted by molar-refractivity contribution is -0.143. The van der Waals surface area contributed by atoms with Crippen molar-refractivity contribution in [3.8, 4) is 0 Å². The number of likely N-dealkylation sites (tertiary alicyclic amines) is 1. The number of nitrogens with zero attached hydrogens (tertiary/aromatic N) is 2. The first-order chi connectivity index (χ1) is 19.8. The molecule has 226 valence electrons. The normalized spacial score (nSPS) is 28.3. The van der Waals surface area contributed by atoms with Crippen molar-refractivity contribution in [3.05, 3.63) is 30.1 Å². The van der Waals surface area contributed by atoms with E-state index in [1.165, 1.54) is 0 Å². The third-order valence-electron chi connectivity index (χ3n) is 8.67. The van der Waals surface area contributed by atoms with Crippen LogP contribution in [-0.4, -0.2) is 83.7 Å². The van der Waals surface area contributed by atoms with Gasteiger partial charge in [0.25, 0.3) is 0 Å². The number of carbonyl (C=O) groups is 4. The molecule has 0 bridgehead atoms. The number of ether oxygens (including phenoxy) is 2. The van der Waals surface area contributed by atoms with Crippen molar-refractivity contribution in [2.45, 2.75) is 94.9 Å². The number of aliphatic carboxylic acids is 1. The second kappa shape index (κ2) is 15.3. The van der Waals surface area contributed by atoms with E-state index in [4.69, 9.17) is 14.6 Å². The van der Waals surface area contributed by atoms with Gasteiger partial charge in [0.15, 0.2) is 0 Å². The van der Waals surface area contributed by atoms with Gasteiger partial charge in [0.05, 0.1) is 36.7 Å². The summed E-state index contributed by atoms with van der Waals surface area (Å²) >= 11 is 0. The summed E-state index contributed by atoms with van der Waals surface area (Å²) < 4.78 is 12.0. The number of carbonyl (C=O) groups excluding carboxylic acids is 3. The highest BCUT2D eigenvalue weighted by atomic mass is 16.5. The Labute approximate surface area is 241 Å². The van der Waals surface area contributed by atoms with Crippen LogP contribution in [0.5, 0.6) is 0 Å².